The van der Waals surface area contributed by atoms with Crippen LogP contribution < -0.4 is 0 Å². The first-order valence-corrected chi connectivity index (χ1v) is 8.47. The second-order valence-electron chi connectivity index (χ2n) is 5.08. The molecular formula is C18H19BrO5. The third-order valence-corrected chi connectivity index (χ3v) is 3.94. The Morgan fingerprint density at radius 3 is 2.46 bits per heavy atom. The summed E-state index contributed by atoms with van der Waals surface area (Å²) in [7, 11) is 0. The van der Waals surface area contributed by atoms with Gasteiger partial charge in [-0.05, 0) is 44.5 Å². The van der Waals surface area contributed by atoms with Gasteiger partial charge in [-0.3, -0.25) is 0 Å². The van der Waals surface area contributed by atoms with Crippen molar-refractivity contribution in [2.75, 3.05) is 13.2 Å². The number of allylic oxidation sites excluding steroid dienone is 2. The fourth-order valence-electron chi connectivity index (χ4n) is 2.46. The van der Waals surface area contributed by atoms with Crippen LogP contribution in [0, 0.1) is 0 Å². The highest BCUT2D eigenvalue weighted by Crippen LogP contribution is 2.36. The van der Waals surface area contributed by atoms with E-state index in [1.54, 1.807) is 26.8 Å². The van der Waals surface area contributed by atoms with Crippen molar-refractivity contribution in [2.24, 2.45) is 0 Å². The molecule has 0 aromatic heterocycles. The Hall–Kier alpha value is -2.08. The molecule has 2 rings (SSSR count). The number of hydrogen-bond donors (Lipinski definition) is 0. The average Bonchev–Trinajstić information content (AvgIpc) is 2.54. The Labute approximate surface area is 149 Å². The number of rotatable bonds is 5. The maximum Gasteiger partial charge on any atom is 0.373 e. The van der Waals surface area contributed by atoms with E-state index in [0.717, 1.165) is 10.0 Å². The van der Waals surface area contributed by atoms with Crippen molar-refractivity contribution >= 4 is 27.9 Å². The maximum atomic E-state index is 12.4. The zero-order valence-electron chi connectivity index (χ0n) is 13.8. The lowest BCUT2D eigenvalue weighted by Crippen LogP contribution is -2.23. The van der Waals surface area contributed by atoms with E-state index in [1.807, 2.05) is 24.3 Å². The molecule has 0 N–H and O–H groups in total. The summed E-state index contributed by atoms with van der Waals surface area (Å²) in [5.74, 6) is -1.05. The van der Waals surface area contributed by atoms with E-state index in [2.05, 4.69) is 15.9 Å². The van der Waals surface area contributed by atoms with Crippen molar-refractivity contribution in [3.05, 3.63) is 57.5 Å². The summed E-state index contributed by atoms with van der Waals surface area (Å²) >= 11 is 3.42. The summed E-state index contributed by atoms with van der Waals surface area (Å²) in [6, 6.07) is 7.53. The van der Waals surface area contributed by atoms with E-state index in [0.29, 0.717) is 11.3 Å². The number of halogens is 1. The second-order valence-corrected chi connectivity index (χ2v) is 5.99. The summed E-state index contributed by atoms with van der Waals surface area (Å²) < 4.78 is 16.5. The molecule has 0 saturated carbocycles. The van der Waals surface area contributed by atoms with Crippen LogP contribution in [0.3, 0.4) is 0 Å². The number of hydrogen-bond acceptors (Lipinski definition) is 5. The van der Waals surface area contributed by atoms with Crippen molar-refractivity contribution < 1.29 is 23.8 Å². The second kappa shape index (κ2) is 8.15. The van der Waals surface area contributed by atoms with E-state index in [4.69, 9.17) is 14.2 Å². The Morgan fingerprint density at radius 2 is 1.83 bits per heavy atom. The molecule has 0 aliphatic carbocycles. The molecule has 1 aromatic carbocycles. The van der Waals surface area contributed by atoms with Gasteiger partial charge < -0.3 is 14.2 Å². The molecule has 0 bridgehead atoms. The highest BCUT2D eigenvalue weighted by molar-refractivity contribution is 9.10. The smallest absolute Gasteiger partial charge is 0.373 e. The van der Waals surface area contributed by atoms with E-state index >= 15 is 0 Å². The van der Waals surface area contributed by atoms with Crippen LogP contribution in [0.4, 0.5) is 0 Å². The fraction of sp³-hybridized carbons (Fsp3) is 0.333. The lowest BCUT2D eigenvalue weighted by molar-refractivity contribution is -0.143. The van der Waals surface area contributed by atoms with Gasteiger partial charge in [-0.25, -0.2) is 9.59 Å². The van der Waals surface area contributed by atoms with Crippen molar-refractivity contribution in [3.8, 4) is 0 Å². The van der Waals surface area contributed by atoms with Crippen molar-refractivity contribution in [1.82, 2.24) is 0 Å². The molecule has 6 heteroatoms. The molecule has 1 aliphatic heterocycles. The van der Waals surface area contributed by atoms with Crippen LogP contribution in [-0.2, 0) is 23.8 Å². The summed E-state index contributed by atoms with van der Waals surface area (Å²) in [6.45, 7) is 5.61. The summed E-state index contributed by atoms with van der Waals surface area (Å²) in [4.78, 5) is 24.4. The van der Waals surface area contributed by atoms with E-state index in [1.165, 1.54) is 0 Å². The molecular weight excluding hydrogens is 376 g/mol. The SMILES string of the molecule is CCOC(=O)C1=CC(c2cccc(Br)c2)C(C(=O)OCC)=C(C)O1. The number of carbonyl (C=O) groups excluding carboxylic acids is 2. The normalized spacial score (nSPS) is 17.0. The molecule has 0 fully saturated rings. The Balaban J connectivity index is 2.48. The van der Waals surface area contributed by atoms with Crippen LogP contribution in [-0.4, -0.2) is 25.2 Å². The van der Waals surface area contributed by atoms with Crippen LogP contribution in [0.25, 0.3) is 0 Å². The zero-order valence-corrected chi connectivity index (χ0v) is 15.4. The Bertz CT molecular complexity index is 705. The molecule has 1 heterocycles. The van der Waals surface area contributed by atoms with Gasteiger partial charge in [0.2, 0.25) is 5.76 Å². The minimum atomic E-state index is -0.556. The third-order valence-electron chi connectivity index (χ3n) is 3.45. The van der Waals surface area contributed by atoms with Gasteiger partial charge in [-0.2, -0.15) is 0 Å². The van der Waals surface area contributed by atoms with Crippen LogP contribution in [0.5, 0.6) is 0 Å². The molecule has 1 unspecified atom stereocenters. The molecule has 1 aliphatic rings. The predicted molar refractivity (Wildman–Crippen MR) is 92.0 cm³/mol. The molecule has 0 spiro atoms. The van der Waals surface area contributed by atoms with Crippen LogP contribution in [0.1, 0.15) is 32.3 Å². The predicted octanol–water partition coefficient (Wildman–Crippen LogP) is 3.85. The summed E-state index contributed by atoms with van der Waals surface area (Å²) in [5, 5.41) is 0. The van der Waals surface area contributed by atoms with Gasteiger partial charge in [0.1, 0.15) is 5.76 Å². The van der Waals surface area contributed by atoms with Gasteiger partial charge in [0.05, 0.1) is 18.8 Å². The van der Waals surface area contributed by atoms with Gasteiger partial charge in [0.25, 0.3) is 0 Å². The van der Waals surface area contributed by atoms with Gasteiger partial charge in [-0.1, -0.05) is 28.1 Å². The molecule has 5 nitrogen and oxygen atoms in total. The minimum absolute atomic E-state index is 0.0763. The molecule has 24 heavy (non-hydrogen) atoms. The lowest BCUT2D eigenvalue weighted by Gasteiger charge is -2.25. The van der Waals surface area contributed by atoms with Crippen molar-refractivity contribution in [1.29, 1.82) is 0 Å². The maximum absolute atomic E-state index is 12.4. The van der Waals surface area contributed by atoms with E-state index < -0.39 is 17.9 Å². The first kappa shape index (κ1) is 18.3. The third kappa shape index (κ3) is 4.06. The number of benzene rings is 1. The monoisotopic (exact) mass is 394 g/mol. The summed E-state index contributed by atoms with van der Waals surface area (Å²) in [5.41, 5.74) is 1.22. The molecule has 0 radical (unpaired) electrons. The van der Waals surface area contributed by atoms with Gasteiger partial charge in [0, 0.05) is 10.4 Å². The Kier molecular flexibility index (Phi) is 6.20. The number of carbonyl (C=O) groups is 2. The first-order valence-electron chi connectivity index (χ1n) is 7.68. The van der Waals surface area contributed by atoms with Gasteiger partial charge in [-0.15, -0.1) is 0 Å². The zero-order chi connectivity index (χ0) is 17.7. The average molecular weight is 395 g/mol. The molecule has 0 amide bonds. The minimum Gasteiger partial charge on any atom is -0.463 e. The van der Waals surface area contributed by atoms with Crippen molar-refractivity contribution in [3.63, 3.8) is 0 Å². The quantitative estimate of drug-likeness (QED) is 0.709. The topological polar surface area (TPSA) is 61.8 Å². The fourth-order valence-corrected chi connectivity index (χ4v) is 2.88. The van der Waals surface area contributed by atoms with Gasteiger partial charge in [0.15, 0.2) is 0 Å². The lowest BCUT2D eigenvalue weighted by atomic mass is 9.88. The summed E-state index contributed by atoms with van der Waals surface area (Å²) in [6.07, 6.45) is 1.60. The van der Waals surface area contributed by atoms with Crippen LogP contribution in [0.15, 0.2) is 51.9 Å². The van der Waals surface area contributed by atoms with Crippen LogP contribution >= 0.6 is 15.9 Å². The first-order chi connectivity index (χ1) is 11.5. The molecule has 1 atom stereocenters. The van der Waals surface area contributed by atoms with E-state index in [9.17, 15) is 9.59 Å². The van der Waals surface area contributed by atoms with Crippen molar-refractivity contribution in [2.45, 2.75) is 26.7 Å². The Morgan fingerprint density at radius 1 is 1.17 bits per heavy atom. The largest absolute Gasteiger partial charge is 0.463 e. The van der Waals surface area contributed by atoms with Gasteiger partial charge >= 0.3 is 11.9 Å². The van der Waals surface area contributed by atoms with E-state index in [-0.39, 0.29) is 19.0 Å². The molecule has 0 saturated heterocycles. The molecule has 128 valence electrons. The molecule has 1 aromatic rings. The highest BCUT2D eigenvalue weighted by Gasteiger charge is 2.32. The number of ether oxygens (including phenoxy) is 3. The van der Waals surface area contributed by atoms with Crippen LogP contribution in [0.2, 0.25) is 0 Å². The number of esters is 2. The standard InChI is InChI=1S/C18H19BrO5/c1-4-22-17(20)15-10-14(12-7-6-8-13(19)9-12)16(11(3)24-15)18(21)23-5-2/h6-10,14H,4-5H2,1-3H3. The highest BCUT2D eigenvalue weighted by atomic mass is 79.9.